The number of hydrogen-bond donors (Lipinski definition) is 1. The lowest BCUT2D eigenvalue weighted by atomic mass is 10.1. The first-order chi connectivity index (χ1) is 15.1. The largest absolute Gasteiger partial charge is 0.497 e. The molecule has 0 saturated heterocycles. The number of rotatable bonds is 8. The van der Waals surface area contributed by atoms with Gasteiger partial charge < -0.3 is 9.64 Å². The molecule has 4 rings (SSSR count). The summed E-state index contributed by atoms with van der Waals surface area (Å²) in [6.45, 7) is 2.42. The Balaban J connectivity index is 1.59. The summed E-state index contributed by atoms with van der Waals surface area (Å²) < 4.78 is 7.07. The number of amides is 2. The minimum atomic E-state index is -0.264. The maximum atomic E-state index is 12.8. The van der Waals surface area contributed by atoms with Gasteiger partial charge in [0.15, 0.2) is 0 Å². The van der Waals surface area contributed by atoms with Crippen molar-refractivity contribution >= 4 is 17.8 Å². The molecular weight excluding hydrogens is 392 g/mol. The van der Waals surface area contributed by atoms with Crippen molar-refractivity contribution in [1.82, 2.24) is 14.5 Å². The Morgan fingerprint density at radius 1 is 1.13 bits per heavy atom. The van der Waals surface area contributed by atoms with Gasteiger partial charge in [-0.25, -0.2) is 4.98 Å². The molecule has 1 saturated carbocycles. The van der Waals surface area contributed by atoms with E-state index in [9.17, 15) is 9.59 Å². The topological polar surface area (TPSA) is 76.5 Å². The first-order valence-electron chi connectivity index (χ1n) is 10.5. The second-order valence-electron chi connectivity index (χ2n) is 7.56. The zero-order valence-corrected chi connectivity index (χ0v) is 17.7. The zero-order chi connectivity index (χ0) is 21.8. The van der Waals surface area contributed by atoms with Crippen LogP contribution in [0.25, 0.3) is 16.9 Å². The van der Waals surface area contributed by atoms with E-state index in [0.717, 1.165) is 35.5 Å². The number of methoxy groups -OCH3 is 1. The maximum absolute atomic E-state index is 12.8. The van der Waals surface area contributed by atoms with Gasteiger partial charge >= 0.3 is 0 Å². The lowest BCUT2D eigenvalue weighted by Gasteiger charge is -2.20. The summed E-state index contributed by atoms with van der Waals surface area (Å²) in [5, 5.41) is 2.90. The quantitative estimate of drug-likeness (QED) is 0.605. The normalized spacial score (nSPS) is 13.0. The first-order valence-corrected chi connectivity index (χ1v) is 10.5. The highest BCUT2D eigenvalue weighted by atomic mass is 16.5. The number of carbonyl (C=O) groups excluding carboxylic acids is 2. The third-order valence-corrected chi connectivity index (χ3v) is 5.33. The van der Waals surface area contributed by atoms with Crippen molar-refractivity contribution < 1.29 is 14.3 Å². The number of benzene rings is 2. The highest BCUT2D eigenvalue weighted by molar-refractivity contribution is 5.94. The van der Waals surface area contributed by atoms with Crippen LogP contribution >= 0.6 is 0 Å². The van der Waals surface area contributed by atoms with Crippen LogP contribution in [0.2, 0.25) is 0 Å². The Labute approximate surface area is 181 Å². The Hall–Kier alpha value is -3.61. The Kier molecular flexibility index (Phi) is 6.02. The van der Waals surface area contributed by atoms with Gasteiger partial charge in [-0.3, -0.25) is 19.5 Å². The third-order valence-electron chi connectivity index (χ3n) is 5.33. The van der Waals surface area contributed by atoms with Crippen molar-refractivity contribution in [2.75, 3.05) is 25.5 Å². The summed E-state index contributed by atoms with van der Waals surface area (Å²) in [6, 6.07) is 17.3. The summed E-state index contributed by atoms with van der Waals surface area (Å²) in [6.07, 6.45) is 3.72. The number of hydrogen-bond acceptors (Lipinski definition) is 4. The van der Waals surface area contributed by atoms with Crippen molar-refractivity contribution in [1.29, 1.82) is 0 Å². The number of para-hydroxylation sites is 1. The molecule has 2 amide bonds. The minimum absolute atomic E-state index is 0.0192. The smallest absolute Gasteiger partial charge is 0.246 e. The molecule has 1 aliphatic carbocycles. The van der Waals surface area contributed by atoms with Crippen LogP contribution in [-0.2, 0) is 9.59 Å². The second-order valence-corrected chi connectivity index (χ2v) is 7.56. The van der Waals surface area contributed by atoms with Crippen molar-refractivity contribution in [2.45, 2.75) is 19.8 Å². The Morgan fingerprint density at radius 3 is 2.45 bits per heavy atom. The van der Waals surface area contributed by atoms with Crippen LogP contribution in [-0.4, -0.2) is 46.5 Å². The molecule has 1 N–H and O–H groups in total. The van der Waals surface area contributed by atoms with Gasteiger partial charge in [0.2, 0.25) is 17.8 Å². The second kappa shape index (κ2) is 9.04. The molecule has 2 aromatic carbocycles. The van der Waals surface area contributed by atoms with Gasteiger partial charge in [0.25, 0.3) is 0 Å². The fourth-order valence-electron chi connectivity index (χ4n) is 3.43. The number of carbonyl (C=O) groups is 2. The number of nitrogens with zero attached hydrogens (tertiary/aromatic N) is 3. The highest BCUT2D eigenvalue weighted by Gasteiger charge is 2.33. The number of nitrogens with one attached hydrogen (secondary N) is 1. The lowest BCUT2D eigenvalue weighted by Crippen LogP contribution is -2.39. The van der Waals surface area contributed by atoms with Gasteiger partial charge in [0.05, 0.1) is 19.3 Å². The lowest BCUT2D eigenvalue weighted by molar-refractivity contribution is -0.135. The van der Waals surface area contributed by atoms with Crippen LogP contribution in [0.3, 0.4) is 0 Å². The average Bonchev–Trinajstić information content (AvgIpc) is 3.58. The summed E-state index contributed by atoms with van der Waals surface area (Å²) in [5.74, 6) is 1.06. The van der Waals surface area contributed by atoms with Crippen molar-refractivity contribution in [2.24, 2.45) is 5.92 Å². The number of aromatic nitrogens is 2. The molecule has 3 aromatic rings. The Morgan fingerprint density at radius 2 is 1.84 bits per heavy atom. The molecule has 160 valence electrons. The van der Waals surface area contributed by atoms with E-state index >= 15 is 0 Å². The molecule has 0 aliphatic heterocycles. The van der Waals surface area contributed by atoms with Crippen LogP contribution in [0.15, 0.2) is 60.8 Å². The molecule has 31 heavy (non-hydrogen) atoms. The standard InChI is InChI=1S/C24H26N4O3/c1-3-27(23(30)18-9-10-18)16-22(29)26-24-25-21(17-11-13-20(31-2)14-12-17)15-28(24)19-7-5-4-6-8-19/h4-8,11-15,18H,3,9-10,16H2,1-2H3,(H,25,26,29). The molecular formula is C24H26N4O3. The van der Waals surface area contributed by atoms with Gasteiger partial charge in [-0.05, 0) is 56.2 Å². The fourth-order valence-corrected chi connectivity index (χ4v) is 3.43. The molecule has 0 atom stereocenters. The van der Waals surface area contributed by atoms with Crippen LogP contribution in [0.1, 0.15) is 19.8 Å². The molecule has 0 spiro atoms. The summed E-state index contributed by atoms with van der Waals surface area (Å²) in [5.41, 5.74) is 2.51. The zero-order valence-electron chi connectivity index (χ0n) is 17.7. The van der Waals surface area contributed by atoms with E-state index in [1.807, 2.05) is 72.3 Å². The van der Waals surface area contributed by atoms with Crippen molar-refractivity contribution in [3.63, 3.8) is 0 Å². The summed E-state index contributed by atoms with van der Waals surface area (Å²) in [4.78, 5) is 31.4. The van der Waals surface area contributed by atoms with Gasteiger partial charge in [-0.15, -0.1) is 0 Å². The SMILES string of the molecule is CCN(CC(=O)Nc1nc(-c2ccc(OC)cc2)cn1-c1ccccc1)C(=O)C1CC1. The fraction of sp³-hybridized carbons (Fsp3) is 0.292. The van der Waals surface area contributed by atoms with Crippen molar-refractivity contribution in [3.8, 4) is 22.7 Å². The van der Waals surface area contributed by atoms with Gasteiger partial charge in [-0.1, -0.05) is 18.2 Å². The van der Waals surface area contributed by atoms with Crippen molar-refractivity contribution in [3.05, 3.63) is 60.8 Å². The van der Waals surface area contributed by atoms with Gasteiger partial charge in [0, 0.05) is 29.9 Å². The van der Waals surface area contributed by atoms with Crippen LogP contribution < -0.4 is 10.1 Å². The number of likely N-dealkylation sites (N-methyl/N-ethyl adjacent to an activating group) is 1. The highest BCUT2D eigenvalue weighted by Crippen LogP contribution is 2.31. The van der Waals surface area contributed by atoms with E-state index in [-0.39, 0.29) is 24.3 Å². The van der Waals surface area contributed by atoms with E-state index in [1.165, 1.54) is 0 Å². The van der Waals surface area contributed by atoms with E-state index in [4.69, 9.17) is 4.74 Å². The minimum Gasteiger partial charge on any atom is -0.497 e. The first kappa shape index (κ1) is 20.7. The van der Waals surface area contributed by atoms with E-state index in [0.29, 0.717) is 12.5 Å². The van der Waals surface area contributed by atoms with E-state index in [2.05, 4.69) is 10.3 Å². The molecule has 0 bridgehead atoms. The summed E-state index contributed by atoms with van der Waals surface area (Å²) in [7, 11) is 1.63. The predicted molar refractivity (Wildman–Crippen MR) is 119 cm³/mol. The molecule has 1 aromatic heterocycles. The van der Waals surface area contributed by atoms with Crippen LogP contribution in [0, 0.1) is 5.92 Å². The Bertz CT molecular complexity index is 1060. The molecule has 1 aliphatic rings. The monoisotopic (exact) mass is 418 g/mol. The molecule has 1 heterocycles. The molecule has 7 nitrogen and oxygen atoms in total. The van der Waals surface area contributed by atoms with E-state index in [1.54, 1.807) is 12.0 Å². The molecule has 7 heteroatoms. The number of anilines is 1. The number of ether oxygens (including phenoxy) is 1. The van der Waals surface area contributed by atoms with Crippen LogP contribution in [0.4, 0.5) is 5.95 Å². The molecule has 1 fully saturated rings. The molecule has 0 unspecified atom stereocenters. The molecule has 0 radical (unpaired) electrons. The average molecular weight is 418 g/mol. The third kappa shape index (κ3) is 4.77. The van der Waals surface area contributed by atoms with Crippen LogP contribution in [0.5, 0.6) is 5.75 Å². The predicted octanol–water partition coefficient (Wildman–Crippen LogP) is 3.74. The van der Waals surface area contributed by atoms with Gasteiger partial charge in [-0.2, -0.15) is 0 Å². The maximum Gasteiger partial charge on any atom is 0.246 e. The van der Waals surface area contributed by atoms with E-state index < -0.39 is 0 Å². The summed E-state index contributed by atoms with van der Waals surface area (Å²) >= 11 is 0. The van der Waals surface area contributed by atoms with Gasteiger partial charge in [0.1, 0.15) is 5.75 Å². The number of imidazole rings is 1.